The Morgan fingerprint density at radius 2 is 2.15 bits per heavy atom. The van der Waals surface area contributed by atoms with Crippen molar-refractivity contribution >= 4 is 33.4 Å². The van der Waals surface area contributed by atoms with Crippen LogP contribution in [-0.4, -0.2) is 30.1 Å². The molecule has 0 fully saturated rings. The molecular weight excluding hydrogens is 414 g/mol. The molecule has 0 aliphatic carbocycles. The van der Waals surface area contributed by atoms with Crippen LogP contribution in [0.4, 0.5) is 5.69 Å². The van der Waals surface area contributed by atoms with Crippen LogP contribution >= 0.6 is 15.9 Å². The van der Waals surface area contributed by atoms with Gasteiger partial charge in [-0.1, -0.05) is 28.1 Å². The van der Waals surface area contributed by atoms with E-state index in [4.69, 9.17) is 15.3 Å². The second kappa shape index (κ2) is 8.08. The van der Waals surface area contributed by atoms with E-state index in [1.165, 1.54) is 0 Å². The molecule has 3 rings (SSSR count). The van der Waals surface area contributed by atoms with Gasteiger partial charge in [-0.05, 0) is 42.3 Å². The summed E-state index contributed by atoms with van der Waals surface area (Å²) in [5.74, 6) is 5.59. The average Bonchev–Trinajstić information content (AvgIpc) is 2.78. The van der Waals surface area contributed by atoms with E-state index in [9.17, 15) is 9.90 Å². The standard InChI is InChI=1S/C19H20BrN3O4/c1-10-12(4-3-5-15(10)26-2)18-13-8-11(20)6-7-14(13)22-19(23-21)16(27-18)9-17(24)25/h3-8,16,18H,9,21H2,1-2H3,(H,22,23)(H,24,25)/t16-,18-/m1/s1. The number of nitrogens with one attached hydrogen (secondary N) is 1. The number of rotatable bonds is 4. The molecule has 4 N–H and O–H groups in total. The fourth-order valence-corrected chi connectivity index (χ4v) is 3.53. The van der Waals surface area contributed by atoms with E-state index < -0.39 is 18.2 Å². The Kier molecular flexibility index (Phi) is 5.79. The number of fused-ring (bicyclic) bond motifs is 1. The number of amidine groups is 1. The summed E-state index contributed by atoms with van der Waals surface area (Å²) in [6, 6.07) is 11.3. The Balaban J connectivity index is 2.18. The zero-order chi connectivity index (χ0) is 19.6. The minimum atomic E-state index is -1.00. The molecule has 0 unspecified atom stereocenters. The molecule has 0 saturated carbocycles. The van der Waals surface area contributed by atoms with Crippen molar-refractivity contribution in [1.29, 1.82) is 0 Å². The number of aliphatic imine (C=N–C) groups is 1. The third kappa shape index (κ3) is 3.97. The molecule has 0 radical (unpaired) electrons. The molecule has 0 aromatic heterocycles. The summed E-state index contributed by atoms with van der Waals surface area (Å²) < 4.78 is 12.5. The molecule has 0 amide bonds. The van der Waals surface area contributed by atoms with Gasteiger partial charge < -0.3 is 20.0 Å². The van der Waals surface area contributed by atoms with Gasteiger partial charge in [0.25, 0.3) is 0 Å². The lowest BCUT2D eigenvalue weighted by molar-refractivity contribution is -0.139. The van der Waals surface area contributed by atoms with E-state index in [-0.39, 0.29) is 12.3 Å². The maximum absolute atomic E-state index is 11.3. The smallest absolute Gasteiger partial charge is 0.306 e. The van der Waals surface area contributed by atoms with Gasteiger partial charge in [-0.3, -0.25) is 4.79 Å². The van der Waals surface area contributed by atoms with Crippen LogP contribution in [0.3, 0.4) is 0 Å². The van der Waals surface area contributed by atoms with Crippen molar-refractivity contribution in [2.24, 2.45) is 10.8 Å². The first kappa shape index (κ1) is 19.3. The summed E-state index contributed by atoms with van der Waals surface area (Å²) in [6.07, 6.45) is -1.63. The number of carboxylic acids is 1. The van der Waals surface area contributed by atoms with Gasteiger partial charge in [-0.2, -0.15) is 0 Å². The topological polar surface area (TPSA) is 106 Å². The van der Waals surface area contributed by atoms with Gasteiger partial charge in [0.2, 0.25) is 0 Å². The molecule has 1 aliphatic heterocycles. The van der Waals surface area contributed by atoms with Gasteiger partial charge in [0, 0.05) is 10.0 Å². The molecule has 1 aliphatic rings. The van der Waals surface area contributed by atoms with Crippen molar-refractivity contribution in [3.8, 4) is 5.75 Å². The highest BCUT2D eigenvalue weighted by molar-refractivity contribution is 9.10. The van der Waals surface area contributed by atoms with Gasteiger partial charge in [0.05, 0.1) is 19.2 Å². The molecule has 142 valence electrons. The predicted octanol–water partition coefficient (Wildman–Crippen LogP) is 3.22. The lowest BCUT2D eigenvalue weighted by Crippen LogP contribution is -2.41. The van der Waals surface area contributed by atoms with Gasteiger partial charge in [0.15, 0.2) is 0 Å². The van der Waals surface area contributed by atoms with Gasteiger partial charge in [-0.25, -0.2) is 10.8 Å². The van der Waals surface area contributed by atoms with Crippen molar-refractivity contribution in [3.63, 3.8) is 0 Å². The van der Waals surface area contributed by atoms with E-state index in [1.807, 2.05) is 43.3 Å². The number of hydrogen-bond donors (Lipinski definition) is 3. The lowest BCUT2D eigenvalue weighted by Gasteiger charge is -2.25. The van der Waals surface area contributed by atoms with Crippen LogP contribution in [0.1, 0.15) is 29.2 Å². The summed E-state index contributed by atoms with van der Waals surface area (Å²) in [5, 5.41) is 9.29. The number of benzene rings is 2. The maximum Gasteiger partial charge on any atom is 0.306 e. The number of carbonyl (C=O) groups is 1. The summed E-state index contributed by atoms with van der Waals surface area (Å²) in [5.41, 5.74) is 5.74. The van der Waals surface area contributed by atoms with E-state index in [0.717, 1.165) is 26.9 Å². The minimum Gasteiger partial charge on any atom is -0.496 e. The molecule has 2 aromatic carbocycles. The largest absolute Gasteiger partial charge is 0.496 e. The summed E-state index contributed by atoms with van der Waals surface area (Å²) >= 11 is 3.49. The predicted molar refractivity (Wildman–Crippen MR) is 105 cm³/mol. The van der Waals surface area contributed by atoms with E-state index in [1.54, 1.807) is 7.11 Å². The van der Waals surface area contributed by atoms with Crippen LogP contribution in [0.5, 0.6) is 5.75 Å². The Hall–Kier alpha value is -2.42. The first-order valence-electron chi connectivity index (χ1n) is 8.30. The molecule has 0 saturated heterocycles. The van der Waals surface area contributed by atoms with Crippen LogP contribution in [-0.2, 0) is 9.53 Å². The van der Waals surface area contributed by atoms with E-state index >= 15 is 0 Å². The Labute approximate surface area is 165 Å². The van der Waals surface area contributed by atoms with E-state index in [2.05, 4.69) is 26.3 Å². The molecule has 7 nitrogen and oxygen atoms in total. The minimum absolute atomic E-state index is 0.266. The fraction of sp³-hybridized carbons (Fsp3) is 0.263. The molecule has 2 atom stereocenters. The third-order valence-corrected chi connectivity index (χ3v) is 4.95. The van der Waals surface area contributed by atoms with Crippen LogP contribution in [0, 0.1) is 6.92 Å². The quantitative estimate of drug-likeness (QED) is 0.504. The van der Waals surface area contributed by atoms with Crippen molar-refractivity contribution in [3.05, 3.63) is 57.6 Å². The first-order valence-corrected chi connectivity index (χ1v) is 9.09. The van der Waals surface area contributed by atoms with Crippen molar-refractivity contribution in [2.45, 2.75) is 25.6 Å². The first-order chi connectivity index (χ1) is 12.9. The number of methoxy groups -OCH3 is 1. The summed E-state index contributed by atoms with van der Waals surface area (Å²) in [4.78, 5) is 15.9. The zero-order valence-electron chi connectivity index (χ0n) is 14.9. The molecular formula is C19H20BrN3O4. The van der Waals surface area contributed by atoms with E-state index in [0.29, 0.717) is 5.69 Å². The van der Waals surface area contributed by atoms with Crippen molar-refractivity contribution in [2.75, 3.05) is 7.11 Å². The highest BCUT2D eigenvalue weighted by atomic mass is 79.9. The van der Waals surface area contributed by atoms with Gasteiger partial charge >= 0.3 is 5.97 Å². The van der Waals surface area contributed by atoms with Crippen LogP contribution in [0.25, 0.3) is 0 Å². The zero-order valence-corrected chi connectivity index (χ0v) is 16.5. The average molecular weight is 434 g/mol. The van der Waals surface area contributed by atoms with Crippen molar-refractivity contribution in [1.82, 2.24) is 5.43 Å². The number of carboxylic acid groups (broad SMARTS) is 1. The van der Waals surface area contributed by atoms with Crippen molar-refractivity contribution < 1.29 is 19.4 Å². The van der Waals surface area contributed by atoms with Crippen LogP contribution in [0.15, 0.2) is 45.9 Å². The third-order valence-electron chi connectivity index (χ3n) is 4.45. The number of halogens is 1. The Morgan fingerprint density at radius 3 is 2.81 bits per heavy atom. The van der Waals surface area contributed by atoms with Crippen LogP contribution < -0.4 is 16.0 Å². The van der Waals surface area contributed by atoms with Gasteiger partial charge in [0.1, 0.15) is 23.8 Å². The summed E-state index contributed by atoms with van der Waals surface area (Å²) in [7, 11) is 1.61. The number of ether oxygens (including phenoxy) is 2. The fourth-order valence-electron chi connectivity index (χ4n) is 3.15. The highest BCUT2D eigenvalue weighted by Gasteiger charge is 2.32. The SMILES string of the molecule is COc1cccc([C@H]2O[C@H](CC(=O)O)C(NN)=Nc3ccc(Br)cc32)c1C. The molecule has 0 bridgehead atoms. The molecule has 1 heterocycles. The monoisotopic (exact) mass is 433 g/mol. The van der Waals surface area contributed by atoms with Gasteiger partial charge in [-0.15, -0.1) is 0 Å². The Bertz CT molecular complexity index is 901. The number of nitrogens with zero attached hydrogens (tertiary/aromatic N) is 1. The highest BCUT2D eigenvalue weighted by Crippen LogP contribution is 2.41. The molecule has 8 heteroatoms. The molecule has 0 spiro atoms. The Morgan fingerprint density at radius 1 is 1.37 bits per heavy atom. The second-order valence-electron chi connectivity index (χ2n) is 6.12. The number of nitrogens with two attached hydrogens (primary N) is 1. The van der Waals surface area contributed by atoms with Crippen LogP contribution in [0.2, 0.25) is 0 Å². The summed E-state index contributed by atoms with van der Waals surface area (Å²) in [6.45, 7) is 1.94. The lowest BCUT2D eigenvalue weighted by atomic mass is 9.95. The number of aliphatic carboxylic acids is 1. The second-order valence-corrected chi connectivity index (χ2v) is 7.04. The normalized spacial score (nSPS) is 18.9. The number of hydrogen-bond acceptors (Lipinski definition) is 6. The number of hydrazine groups is 1. The molecule has 27 heavy (non-hydrogen) atoms. The molecule has 2 aromatic rings. The maximum atomic E-state index is 11.3.